The zero-order valence-electron chi connectivity index (χ0n) is 6.76. The molecule has 1 N–H and O–H groups in total. The first kappa shape index (κ1) is 9.08. The molecule has 0 unspecified atom stereocenters. The van der Waals surface area contributed by atoms with Crippen molar-refractivity contribution in [3.63, 3.8) is 0 Å². The van der Waals surface area contributed by atoms with Gasteiger partial charge >= 0.3 is 0 Å². The molecule has 0 rings (SSSR count). The molecule has 2 nitrogen and oxygen atoms in total. The highest BCUT2D eigenvalue weighted by molar-refractivity contribution is 5.08. The third-order valence-corrected chi connectivity index (χ3v) is 1.01. The van der Waals surface area contributed by atoms with E-state index in [-0.39, 0.29) is 0 Å². The van der Waals surface area contributed by atoms with Gasteiger partial charge in [-0.3, -0.25) is 0 Å². The fourth-order valence-corrected chi connectivity index (χ4v) is 0.454. The van der Waals surface area contributed by atoms with Gasteiger partial charge in [-0.15, -0.1) is 0 Å². The lowest BCUT2D eigenvalue weighted by atomic mass is 10.2. The Bertz CT molecular complexity index is 155. The highest BCUT2D eigenvalue weighted by Crippen LogP contribution is 1.97. The van der Waals surface area contributed by atoms with E-state index in [1.807, 2.05) is 12.2 Å². The summed E-state index contributed by atoms with van der Waals surface area (Å²) in [7, 11) is 0. The molecule has 0 bridgehead atoms. The van der Waals surface area contributed by atoms with Crippen LogP contribution in [0, 0.1) is 11.4 Å². The van der Waals surface area contributed by atoms with Crippen molar-refractivity contribution in [2.24, 2.45) is 11.0 Å². The topological polar surface area (TPSA) is 36.2 Å². The van der Waals surface area contributed by atoms with E-state index < -0.39 is 0 Å². The normalized spacial score (nSPS) is 13.0. The van der Waals surface area contributed by atoms with Crippen LogP contribution in [0.25, 0.3) is 0 Å². The molecule has 0 aromatic carbocycles. The second-order valence-corrected chi connectivity index (χ2v) is 2.55. The highest BCUT2D eigenvalue weighted by Gasteiger charge is 1.81. The van der Waals surface area contributed by atoms with Crippen LogP contribution in [0.15, 0.2) is 29.0 Å². The molecule has 0 aromatic rings. The fraction of sp³-hybridized carbons (Fsp3) is 0.500. The first-order valence-electron chi connectivity index (χ1n) is 3.39. The lowest BCUT2D eigenvalue weighted by molar-refractivity contribution is 0.831. The van der Waals surface area contributed by atoms with Gasteiger partial charge in [0, 0.05) is 0 Å². The van der Waals surface area contributed by atoms with E-state index >= 15 is 0 Å². The molecular formula is C8H14N2. The molecule has 0 heterocycles. The lowest BCUT2D eigenvalue weighted by Crippen LogP contribution is -1.75. The Hall–Kier alpha value is -0.920. The van der Waals surface area contributed by atoms with Crippen molar-refractivity contribution < 1.29 is 0 Å². The van der Waals surface area contributed by atoms with Gasteiger partial charge in [-0.25, -0.2) is 5.53 Å². The number of allylic oxidation sites excluding steroid dienone is 4. The third-order valence-electron chi connectivity index (χ3n) is 1.01. The van der Waals surface area contributed by atoms with E-state index in [1.54, 1.807) is 6.92 Å². The van der Waals surface area contributed by atoms with E-state index in [0.717, 1.165) is 5.70 Å². The van der Waals surface area contributed by atoms with E-state index in [2.05, 4.69) is 25.0 Å². The van der Waals surface area contributed by atoms with Crippen LogP contribution in [0.1, 0.15) is 20.8 Å². The average Bonchev–Trinajstić information content (AvgIpc) is 1.87. The van der Waals surface area contributed by atoms with Gasteiger partial charge in [-0.2, -0.15) is 5.11 Å². The predicted octanol–water partition coefficient (Wildman–Crippen LogP) is 3.13. The van der Waals surface area contributed by atoms with Crippen molar-refractivity contribution in [3.8, 4) is 0 Å². The van der Waals surface area contributed by atoms with Gasteiger partial charge in [0.2, 0.25) is 0 Å². The van der Waals surface area contributed by atoms with Crippen LogP contribution in [0.3, 0.4) is 0 Å². The summed E-state index contributed by atoms with van der Waals surface area (Å²) in [6.45, 7) is 6.02. The summed E-state index contributed by atoms with van der Waals surface area (Å²) >= 11 is 0. The van der Waals surface area contributed by atoms with Crippen LogP contribution < -0.4 is 0 Å². The minimum atomic E-state index is 0.565. The second-order valence-electron chi connectivity index (χ2n) is 2.55. The molecule has 0 aliphatic carbocycles. The Kier molecular flexibility index (Phi) is 4.46. The fourth-order valence-electron chi connectivity index (χ4n) is 0.454. The molecule has 0 aliphatic rings. The summed E-state index contributed by atoms with van der Waals surface area (Å²) in [5, 5.41) is 3.25. The van der Waals surface area contributed by atoms with Crippen LogP contribution >= 0.6 is 0 Å². The second kappa shape index (κ2) is 4.91. The summed E-state index contributed by atoms with van der Waals surface area (Å²) in [6.07, 6.45) is 5.82. The molecule has 0 atom stereocenters. The van der Waals surface area contributed by atoms with Gasteiger partial charge in [0.25, 0.3) is 0 Å². The first-order chi connectivity index (χ1) is 4.66. The van der Waals surface area contributed by atoms with Crippen LogP contribution in [-0.2, 0) is 0 Å². The Balaban J connectivity index is 3.81. The Labute approximate surface area is 62.2 Å². The molecule has 0 spiro atoms. The maximum atomic E-state index is 6.62. The van der Waals surface area contributed by atoms with Crippen LogP contribution in [0.5, 0.6) is 0 Å². The molecule has 0 saturated heterocycles. The van der Waals surface area contributed by atoms with Crippen LogP contribution in [0.4, 0.5) is 0 Å². The van der Waals surface area contributed by atoms with Crippen LogP contribution in [-0.4, -0.2) is 0 Å². The van der Waals surface area contributed by atoms with E-state index in [0.29, 0.717) is 5.92 Å². The monoisotopic (exact) mass is 138 g/mol. The Morgan fingerprint density at radius 2 is 2.10 bits per heavy atom. The van der Waals surface area contributed by atoms with Gasteiger partial charge in [0.1, 0.15) is 0 Å². The summed E-state index contributed by atoms with van der Waals surface area (Å²) in [4.78, 5) is 0. The van der Waals surface area contributed by atoms with Crippen molar-refractivity contribution in [2.45, 2.75) is 20.8 Å². The zero-order valence-corrected chi connectivity index (χ0v) is 6.76. The summed E-state index contributed by atoms with van der Waals surface area (Å²) < 4.78 is 0. The zero-order chi connectivity index (χ0) is 7.98. The Morgan fingerprint density at radius 1 is 1.50 bits per heavy atom. The Morgan fingerprint density at radius 3 is 2.50 bits per heavy atom. The number of nitrogens with zero attached hydrogens (tertiary/aromatic N) is 1. The maximum Gasteiger partial charge on any atom is 0.0592 e. The van der Waals surface area contributed by atoms with Gasteiger partial charge in [-0.1, -0.05) is 26.0 Å². The van der Waals surface area contributed by atoms with E-state index in [1.165, 1.54) is 0 Å². The average molecular weight is 138 g/mol. The molecule has 0 saturated carbocycles. The number of hydrogen-bond donors (Lipinski definition) is 1. The molecule has 0 fully saturated rings. The molecule has 56 valence electrons. The molecule has 10 heavy (non-hydrogen) atoms. The number of nitrogens with one attached hydrogen (secondary N) is 1. The van der Waals surface area contributed by atoms with Crippen molar-refractivity contribution in [2.75, 3.05) is 0 Å². The van der Waals surface area contributed by atoms with Gasteiger partial charge < -0.3 is 0 Å². The maximum absolute atomic E-state index is 6.62. The minimum absolute atomic E-state index is 0.565. The first-order valence-corrected chi connectivity index (χ1v) is 3.39. The van der Waals surface area contributed by atoms with E-state index in [4.69, 9.17) is 5.53 Å². The quantitative estimate of drug-likeness (QED) is 0.459. The van der Waals surface area contributed by atoms with Gasteiger partial charge in [-0.05, 0) is 18.9 Å². The predicted molar refractivity (Wildman–Crippen MR) is 42.9 cm³/mol. The molecular weight excluding hydrogens is 124 g/mol. The standard InChI is InChI=1S/C8H14N2/c1-7(2)5-4-6-8(3)10-9/h4-7,9H,1-3H3/b5-4-,8-6+,10-9?. The molecule has 0 radical (unpaired) electrons. The smallest absolute Gasteiger partial charge is 0.0592 e. The molecule has 0 aliphatic heterocycles. The number of hydrogen-bond acceptors (Lipinski definition) is 2. The van der Waals surface area contributed by atoms with Crippen molar-refractivity contribution in [3.05, 3.63) is 23.9 Å². The third kappa shape index (κ3) is 5.22. The van der Waals surface area contributed by atoms with Crippen molar-refractivity contribution >= 4 is 0 Å². The summed E-state index contributed by atoms with van der Waals surface area (Å²) in [5.74, 6) is 0.565. The van der Waals surface area contributed by atoms with Crippen LogP contribution in [0.2, 0.25) is 0 Å². The summed E-state index contributed by atoms with van der Waals surface area (Å²) in [5.41, 5.74) is 7.35. The largest absolute Gasteiger partial charge is 0.205 e. The van der Waals surface area contributed by atoms with Gasteiger partial charge in [0.05, 0.1) is 5.70 Å². The van der Waals surface area contributed by atoms with Crippen molar-refractivity contribution in [1.82, 2.24) is 0 Å². The SMILES string of the molecule is C/C(=C\C=C/C(C)C)N=N. The lowest BCUT2D eigenvalue weighted by Gasteiger charge is -1.89. The summed E-state index contributed by atoms with van der Waals surface area (Å²) in [6, 6.07) is 0. The molecule has 0 aromatic heterocycles. The van der Waals surface area contributed by atoms with E-state index in [9.17, 15) is 0 Å². The van der Waals surface area contributed by atoms with Crippen molar-refractivity contribution in [1.29, 1.82) is 5.53 Å². The minimum Gasteiger partial charge on any atom is -0.205 e. The molecule has 0 amide bonds. The number of rotatable bonds is 3. The molecule has 2 heteroatoms. The highest BCUT2D eigenvalue weighted by atomic mass is 15.0. The van der Waals surface area contributed by atoms with Gasteiger partial charge in [0.15, 0.2) is 0 Å².